The lowest BCUT2D eigenvalue weighted by Gasteiger charge is -2.62. The third-order valence-electron chi connectivity index (χ3n) is 7.37. The monoisotopic (exact) mass is 328 g/mol. The second kappa shape index (κ2) is 4.61. The summed E-state index contributed by atoms with van der Waals surface area (Å²) < 4.78 is 17.6. The van der Waals surface area contributed by atoms with E-state index in [2.05, 4.69) is 13.0 Å². The third-order valence-corrected chi connectivity index (χ3v) is 7.37. The molecular weight excluding hydrogens is 304 g/mol. The standard InChI is InChI=1S/C20H24O4/c1-9-7-13-16-17-15-11(5-6-20(9,17)19(23-4)24-13)8-12(22-3)10(2)14(15)18(16)21/h8-9,13,16-17,19H,5-7H2,1-4H3/t9-,13-,16+,17+,19+,20+/m0/s1. The molecule has 2 heterocycles. The average molecular weight is 328 g/mol. The number of carbonyl (C=O) groups is 1. The molecule has 0 unspecified atom stereocenters. The lowest BCUT2D eigenvalue weighted by molar-refractivity contribution is -0.316. The molecule has 0 amide bonds. The maximum Gasteiger partial charge on any atom is 0.169 e. The van der Waals surface area contributed by atoms with E-state index in [4.69, 9.17) is 14.2 Å². The molecule has 6 rings (SSSR count). The summed E-state index contributed by atoms with van der Waals surface area (Å²) in [6, 6.07) is 2.16. The topological polar surface area (TPSA) is 44.8 Å². The molecule has 24 heavy (non-hydrogen) atoms. The Bertz CT molecular complexity index is 754. The van der Waals surface area contributed by atoms with Crippen LogP contribution in [-0.2, 0) is 15.9 Å². The Hall–Kier alpha value is -1.39. The Balaban J connectivity index is 1.81. The van der Waals surface area contributed by atoms with Crippen LogP contribution in [0.15, 0.2) is 6.07 Å². The van der Waals surface area contributed by atoms with Gasteiger partial charge in [-0.15, -0.1) is 0 Å². The van der Waals surface area contributed by atoms with E-state index < -0.39 is 0 Å². The fourth-order valence-electron chi connectivity index (χ4n) is 6.38. The first kappa shape index (κ1) is 14.9. The number of benzene rings is 1. The molecule has 4 heteroatoms. The molecule has 3 aliphatic carbocycles. The summed E-state index contributed by atoms with van der Waals surface area (Å²) in [4.78, 5) is 13.4. The molecule has 0 aromatic heterocycles. The van der Waals surface area contributed by atoms with Crippen molar-refractivity contribution in [2.75, 3.05) is 14.2 Å². The van der Waals surface area contributed by atoms with Crippen LogP contribution in [0.3, 0.4) is 0 Å². The molecular formula is C20H24O4. The van der Waals surface area contributed by atoms with Gasteiger partial charge in [0.25, 0.3) is 0 Å². The molecule has 2 bridgehead atoms. The van der Waals surface area contributed by atoms with Crippen LogP contribution in [-0.4, -0.2) is 32.4 Å². The number of methoxy groups -OCH3 is 2. The molecule has 1 saturated carbocycles. The molecule has 0 radical (unpaired) electrons. The summed E-state index contributed by atoms with van der Waals surface area (Å²) in [7, 11) is 3.43. The van der Waals surface area contributed by atoms with Gasteiger partial charge in [0, 0.05) is 29.6 Å². The smallest absolute Gasteiger partial charge is 0.169 e. The fourth-order valence-corrected chi connectivity index (χ4v) is 6.38. The molecule has 1 spiro atoms. The Kier molecular flexibility index (Phi) is 2.87. The van der Waals surface area contributed by atoms with Crippen molar-refractivity contribution in [1.82, 2.24) is 0 Å². The molecule has 1 aromatic rings. The van der Waals surface area contributed by atoms with E-state index in [0.717, 1.165) is 36.1 Å². The van der Waals surface area contributed by atoms with Crippen LogP contribution < -0.4 is 4.74 Å². The first-order valence-electron chi connectivity index (χ1n) is 8.97. The van der Waals surface area contributed by atoms with Crippen LogP contribution in [0.1, 0.15) is 52.7 Å². The maximum atomic E-state index is 13.4. The highest BCUT2D eigenvalue weighted by atomic mass is 16.7. The van der Waals surface area contributed by atoms with Crippen LogP contribution in [0.5, 0.6) is 5.75 Å². The van der Waals surface area contributed by atoms with Gasteiger partial charge >= 0.3 is 0 Å². The quantitative estimate of drug-likeness (QED) is 0.836. The molecule has 4 nitrogen and oxygen atoms in total. The van der Waals surface area contributed by atoms with E-state index in [9.17, 15) is 4.79 Å². The van der Waals surface area contributed by atoms with Gasteiger partial charge in [-0.2, -0.15) is 0 Å². The highest BCUT2D eigenvalue weighted by Crippen LogP contribution is 2.69. The zero-order chi connectivity index (χ0) is 16.8. The lowest BCUT2D eigenvalue weighted by atomic mass is 9.49. The minimum atomic E-state index is -0.193. The summed E-state index contributed by atoms with van der Waals surface area (Å²) >= 11 is 0. The van der Waals surface area contributed by atoms with Crippen LogP contribution in [0.2, 0.25) is 0 Å². The van der Waals surface area contributed by atoms with E-state index in [-0.39, 0.29) is 35.4 Å². The first-order valence-corrected chi connectivity index (χ1v) is 8.97. The van der Waals surface area contributed by atoms with Gasteiger partial charge in [0.05, 0.1) is 19.1 Å². The lowest BCUT2D eigenvalue weighted by Crippen LogP contribution is -2.64. The SMILES string of the molecule is COc1cc2c3c(c1C)C(=O)[C@@H]1[C@@H]4C[C@H](C)[C@@](CC2)([C@H](OC)O4)[C@H]31. The van der Waals surface area contributed by atoms with Gasteiger partial charge in [0.2, 0.25) is 0 Å². The minimum Gasteiger partial charge on any atom is -0.496 e. The molecule has 0 N–H and O–H groups in total. The highest BCUT2D eigenvalue weighted by Gasteiger charge is 2.69. The number of hydrogen-bond donors (Lipinski definition) is 0. The van der Waals surface area contributed by atoms with Crippen LogP contribution in [0.25, 0.3) is 0 Å². The third kappa shape index (κ3) is 1.42. The van der Waals surface area contributed by atoms with Crippen molar-refractivity contribution in [2.45, 2.75) is 51.4 Å². The van der Waals surface area contributed by atoms with Gasteiger partial charge in [-0.1, -0.05) is 6.92 Å². The van der Waals surface area contributed by atoms with Crippen molar-refractivity contribution in [3.8, 4) is 5.75 Å². The van der Waals surface area contributed by atoms with Crippen molar-refractivity contribution in [3.05, 3.63) is 28.3 Å². The molecule has 5 aliphatic rings. The van der Waals surface area contributed by atoms with Gasteiger partial charge < -0.3 is 14.2 Å². The number of Topliss-reactive ketones (excluding diaryl/α,β-unsaturated/α-hetero) is 1. The number of rotatable bonds is 2. The van der Waals surface area contributed by atoms with Crippen molar-refractivity contribution < 1.29 is 19.0 Å². The van der Waals surface area contributed by atoms with Crippen LogP contribution in [0.4, 0.5) is 0 Å². The summed E-state index contributed by atoms with van der Waals surface area (Å²) in [5.74, 6) is 1.84. The zero-order valence-electron chi connectivity index (χ0n) is 14.7. The van der Waals surface area contributed by atoms with Crippen molar-refractivity contribution in [3.63, 3.8) is 0 Å². The van der Waals surface area contributed by atoms with Gasteiger partial charge in [-0.25, -0.2) is 0 Å². The summed E-state index contributed by atoms with van der Waals surface area (Å²) in [5.41, 5.74) is 4.44. The van der Waals surface area contributed by atoms with E-state index in [0.29, 0.717) is 5.92 Å². The van der Waals surface area contributed by atoms with Gasteiger partial charge in [0.15, 0.2) is 12.1 Å². The zero-order valence-corrected chi connectivity index (χ0v) is 14.7. The van der Waals surface area contributed by atoms with Gasteiger partial charge in [0.1, 0.15) is 5.75 Å². The number of fused-ring (bicyclic) bond motifs is 2. The average Bonchev–Trinajstić information content (AvgIpc) is 2.91. The molecule has 6 atom stereocenters. The van der Waals surface area contributed by atoms with Crippen molar-refractivity contribution in [1.29, 1.82) is 0 Å². The van der Waals surface area contributed by atoms with E-state index >= 15 is 0 Å². The van der Waals surface area contributed by atoms with Crippen LogP contribution in [0, 0.1) is 24.2 Å². The summed E-state index contributed by atoms with van der Waals surface area (Å²) in [5, 5.41) is 0. The summed E-state index contributed by atoms with van der Waals surface area (Å²) in [6.45, 7) is 4.34. The summed E-state index contributed by atoms with van der Waals surface area (Å²) in [6.07, 6.45) is 2.74. The Morgan fingerprint density at radius 1 is 1.33 bits per heavy atom. The predicted molar refractivity (Wildman–Crippen MR) is 88.5 cm³/mol. The highest BCUT2D eigenvalue weighted by molar-refractivity contribution is 6.06. The molecule has 128 valence electrons. The minimum absolute atomic E-state index is 0.0203. The fraction of sp³-hybridized carbons (Fsp3) is 0.650. The van der Waals surface area contributed by atoms with E-state index in [1.54, 1.807) is 14.2 Å². The molecule has 2 saturated heterocycles. The van der Waals surface area contributed by atoms with Gasteiger partial charge in [-0.3, -0.25) is 4.79 Å². The normalized spacial score (nSPS) is 41.5. The van der Waals surface area contributed by atoms with Crippen molar-refractivity contribution >= 4 is 5.78 Å². The molecule has 2 aliphatic heterocycles. The van der Waals surface area contributed by atoms with E-state index in [1.807, 2.05) is 6.92 Å². The second-order valence-electron chi connectivity index (χ2n) is 8.01. The maximum absolute atomic E-state index is 13.4. The number of carbonyl (C=O) groups excluding carboxylic acids is 1. The predicted octanol–water partition coefficient (Wildman–Crippen LogP) is 3.24. The second-order valence-corrected chi connectivity index (χ2v) is 8.01. The molecule has 1 aromatic carbocycles. The first-order chi connectivity index (χ1) is 11.5. The number of aryl methyl sites for hydroxylation is 1. The Labute approximate surface area is 142 Å². The Morgan fingerprint density at radius 3 is 2.83 bits per heavy atom. The number of hydrogen-bond acceptors (Lipinski definition) is 4. The number of ether oxygens (including phenoxy) is 3. The van der Waals surface area contributed by atoms with E-state index in [1.165, 1.54) is 11.1 Å². The largest absolute Gasteiger partial charge is 0.496 e. The Morgan fingerprint density at radius 2 is 2.12 bits per heavy atom. The number of ketones is 1. The van der Waals surface area contributed by atoms with Crippen molar-refractivity contribution in [2.24, 2.45) is 17.3 Å². The van der Waals surface area contributed by atoms with Crippen LogP contribution >= 0.6 is 0 Å². The van der Waals surface area contributed by atoms with Gasteiger partial charge in [-0.05, 0) is 49.3 Å². The molecule has 3 fully saturated rings.